The summed E-state index contributed by atoms with van der Waals surface area (Å²) in [6, 6.07) is 20.6. The van der Waals surface area contributed by atoms with Crippen molar-refractivity contribution in [2.75, 3.05) is 13.1 Å². The summed E-state index contributed by atoms with van der Waals surface area (Å²) in [4.78, 5) is 2.70. The van der Waals surface area contributed by atoms with Gasteiger partial charge in [0.2, 0.25) is 0 Å². The second-order valence-corrected chi connectivity index (χ2v) is 6.86. The molecule has 0 bridgehead atoms. The van der Waals surface area contributed by atoms with Gasteiger partial charge in [-0.3, -0.25) is 4.90 Å². The third kappa shape index (κ3) is 4.83. The van der Waals surface area contributed by atoms with Crippen LogP contribution in [0.1, 0.15) is 42.5 Å². The van der Waals surface area contributed by atoms with Gasteiger partial charge in [0.25, 0.3) is 0 Å². The van der Waals surface area contributed by atoms with Gasteiger partial charge >= 0.3 is 0 Å². The first kappa shape index (κ1) is 18.0. The van der Waals surface area contributed by atoms with E-state index in [1.807, 2.05) is 0 Å². The van der Waals surface area contributed by atoms with E-state index in [-0.39, 0.29) is 12.4 Å². The van der Waals surface area contributed by atoms with Crippen molar-refractivity contribution in [3.63, 3.8) is 0 Å². The zero-order chi connectivity index (χ0) is 15.4. The van der Waals surface area contributed by atoms with Crippen LogP contribution in [0.4, 0.5) is 0 Å². The number of nitrogens with zero attached hydrogens (tertiary/aromatic N) is 1. The Morgan fingerprint density at radius 3 is 2.39 bits per heavy atom. The molecule has 2 atom stereocenters. The van der Waals surface area contributed by atoms with E-state index in [1.165, 1.54) is 42.6 Å². The van der Waals surface area contributed by atoms with E-state index in [1.54, 1.807) is 0 Å². The first-order chi connectivity index (χ1) is 10.7. The molecule has 0 aliphatic carbocycles. The summed E-state index contributed by atoms with van der Waals surface area (Å²) in [5.74, 6) is 0.817. The molecule has 0 spiro atoms. The molecule has 2 aromatic carbocycles. The molecule has 0 saturated carbocycles. The highest BCUT2D eigenvalue weighted by Gasteiger charge is 2.25. The Bertz CT molecular complexity index is 579. The first-order valence-corrected chi connectivity index (χ1v) is 8.57. The molecule has 0 aromatic heterocycles. The summed E-state index contributed by atoms with van der Waals surface area (Å²) in [5.41, 5.74) is 4.24. The Morgan fingerprint density at radius 1 is 1.04 bits per heavy atom. The van der Waals surface area contributed by atoms with E-state index in [9.17, 15) is 0 Å². The highest BCUT2D eigenvalue weighted by atomic mass is 35.5. The number of halogens is 1. The summed E-state index contributed by atoms with van der Waals surface area (Å²) in [5, 5.41) is 0. The second-order valence-electron chi connectivity index (χ2n) is 6.86. The smallest absolute Gasteiger partial charge is 0.0388 e. The zero-order valence-electron chi connectivity index (χ0n) is 14.2. The quantitative estimate of drug-likeness (QED) is 0.722. The van der Waals surface area contributed by atoms with Crippen LogP contribution in [-0.2, 0) is 6.42 Å². The number of likely N-dealkylation sites (tertiary alicyclic amines) is 1. The van der Waals surface area contributed by atoms with E-state index in [4.69, 9.17) is 0 Å². The molecule has 0 N–H and O–H groups in total. The molecular weight excluding hydrogens is 302 g/mol. The normalized spacial score (nSPS) is 19.8. The van der Waals surface area contributed by atoms with Gasteiger partial charge in [-0.2, -0.15) is 0 Å². The lowest BCUT2D eigenvalue weighted by Crippen LogP contribution is -2.38. The van der Waals surface area contributed by atoms with Gasteiger partial charge < -0.3 is 0 Å². The van der Waals surface area contributed by atoms with Crippen LogP contribution in [-0.4, -0.2) is 18.0 Å². The minimum Gasteiger partial charge on any atom is -0.296 e. The predicted molar refractivity (Wildman–Crippen MR) is 101 cm³/mol. The number of aryl methyl sites for hydroxylation is 1. The van der Waals surface area contributed by atoms with Crippen molar-refractivity contribution in [3.05, 3.63) is 71.3 Å². The second kappa shape index (κ2) is 8.52. The minimum atomic E-state index is 0. The van der Waals surface area contributed by atoms with E-state index in [0.29, 0.717) is 6.04 Å². The van der Waals surface area contributed by atoms with Crippen LogP contribution >= 0.6 is 12.4 Å². The Hall–Kier alpha value is -1.31. The van der Waals surface area contributed by atoms with E-state index < -0.39 is 0 Å². The van der Waals surface area contributed by atoms with Gasteiger partial charge in [-0.1, -0.05) is 67.1 Å². The lowest BCUT2D eigenvalue weighted by atomic mass is 9.92. The third-order valence-electron chi connectivity index (χ3n) is 4.86. The van der Waals surface area contributed by atoms with Crippen molar-refractivity contribution in [2.24, 2.45) is 5.92 Å². The number of benzene rings is 2. The molecule has 2 heteroatoms. The predicted octanol–water partition coefficient (Wildman–Crippen LogP) is 5.43. The Balaban J connectivity index is 0.00000192. The number of hydrogen-bond acceptors (Lipinski definition) is 1. The summed E-state index contributed by atoms with van der Waals surface area (Å²) in [6.45, 7) is 7.01. The molecule has 124 valence electrons. The number of rotatable bonds is 4. The Morgan fingerprint density at radius 2 is 1.74 bits per heavy atom. The molecule has 3 rings (SSSR count). The fourth-order valence-corrected chi connectivity index (χ4v) is 3.59. The SMILES string of the molecule is Cc1ccc(C(Cc2ccccc2)N2CCCC(C)C2)cc1.Cl. The average Bonchev–Trinajstić information content (AvgIpc) is 2.55. The fourth-order valence-electron chi connectivity index (χ4n) is 3.59. The summed E-state index contributed by atoms with van der Waals surface area (Å²) in [6.07, 6.45) is 3.82. The van der Waals surface area contributed by atoms with Gasteiger partial charge in [0.15, 0.2) is 0 Å². The van der Waals surface area contributed by atoms with E-state index in [0.717, 1.165) is 12.3 Å². The standard InChI is InChI=1S/C21H27N.ClH/c1-17-10-12-20(13-11-17)21(15-19-8-4-3-5-9-19)22-14-6-7-18(2)16-22;/h3-5,8-13,18,21H,6-7,14-16H2,1-2H3;1H. The zero-order valence-corrected chi connectivity index (χ0v) is 15.1. The largest absolute Gasteiger partial charge is 0.296 e. The Kier molecular flexibility index (Phi) is 6.68. The van der Waals surface area contributed by atoms with Crippen LogP contribution in [0.15, 0.2) is 54.6 Å². The topological polar surface area (TPSA) is 3.24 Å². The molecular formula is C21H28ClN. The maximum absolute atomic E-state index is 2.70. The summed E-state index contributed by atoms with van der Waals surface area (Å²) < 4.78 is 0. The van der Waals surface area contributed by atoms with Crippen LogP contribution in [0, 0.1) is 12.8 Å². The highest BCUT2D eigenvalue weighted by Crippen LogP contribution is 2.30. The van der Waals surface area contributed by atoms with Gasteiger partial charge in [-0.15, -0.1) is 12.4 Å². The van der Waals surface area contributed by atoms with E-state index in [2.05, 4.69) is 73.3 Å². The maximum atomic E-state index is 2.70. The highest BCUT2D eigenvalue weighted by molar-refractivity contribution is 5.85. The van der Waals surface area contributed by atoms with Crippen LogP contribution in [0.5, 0.6) is 0 Å². The van der Waals surface area contributed by atoms with Crippen molar-refractivity contribution in [2.45, 2.75) is 39.2 Å². The van der Waals surface area contributed by atoms with Crippen LogP contribution in [0.2, 0.25) is 0 Å². The molecule has 0 radical (unpaired) electrons. The molecule has 0 amide bonds. The molecule has 23 heavy (non-hydrogen) atoms. The van der Waals surface area contributed by atoms with Gasteiger partial charge in [-0.05, 0) is 49.8 Å². The number of piperidine rings is 1. The molecule has 1 heterocycles. The average molecular weight is 330 g/mol. The first-order valence-electron chi connectivity index (χ1n) is 8.57. The van der Waals surface area contributed by atoms with Gasteiger partial charge in [0, 0.05) is 12.6 Å². The maximum Gasteiger partial charge on any atom is 0.0388 e. The van der Waals surface area contributed by atoms with Crippen LogP contribution in [0.3, 0.4) is 0 Å². The Labute approximate surface area is 147 Å². The monoisotopic (exact) mass is 329 g/mol. The van der Waals surface area contributed by atoms with E-state index >= 15 is 0 Å². The van der Waals surface area contributed by atoms with Crippen LogP contribution < -0.4 is 0 Å². The van der Waals surface area contributed by atoms with Gasteiger partial charge in [-0.25, -0.2) is 0 Å². The summed E-state index contributed by atoms with van der Waals surface area (Å²) in [7, 11) is 0. The van der Waals surface area contributed by atoms with Crippen LogP contribution in [0.25, 0.3) is 0 Å². The van der Waals surface area contributed by atoms with Gasteiger partial charge in [0.05, 0.1) is 0 Å². The minimum absolute atomic E-state index is 0. The van der Waals surface area contributed by atoms with Crippen molar-refractivity contribution in [1.82, 2.24) is 4.90 Å². The lowest BCUT2D eigenvalue weighted by molar-refractivity contribution is 0.129. The van der Waals surface area contributed by atoms with Gasteiger partial charge in [0.1, 0.15) is 0 Å². The molecule has 1 fully saturated rings. The molecule has 1 aliphatic rings. The summed E-state index contributed by atoms with van der Waals surface area (Å²) >= 11 is 0. The molecule has 2 aromatic rings. The molecule has 1 saturated heterocycles. The molecule has 1 nitrogen and oxygen atoms in total. The van der Waals surface area contributed by atoms with Crippen molar-refractivity contribution >= 4 is 12.4 Å². The van der Waals surface area contributed by atoms with Crippen molar-refractivity contribution in [1.29, 1.82) is 0 Å². The van der Waals surface area contributed by atoms with Crippen molar-refractivity contribution < 1.29 is 0 Å². The molecule has 2 unspecified atom stereocenters. The lowest BCUT2D eigenvalue weighted by Gasteiger charge is -2.38. The number of hydrogen-bond donors (Lipinski definition) is 0. The molecule has 1 aliphatic heterocycles. The third-order valence-corrected chi connectivity index (χ3v) is 4.86. The fraction of sp³-hybridized carbons (Fsp3) is 0.429. The van der Waals surface area contributed by atoms with Crippen molar-refractivity contribution in [3.8, 4) is 0 Å².